The van der Waals surface area contributed by atoms with Gasteiger partial charge < -0.3 is 5.32 Å². The highest BCUT2D eigenvalue weighted by Crippen LogP contribution is 2.18. The minimum absolute atomic E-state index is 0.0358. The van der Waals surface area contributed by atoms with Crippen molar-refractivity contribution >= 4 is 39.2 Å². The molecule has 108 valence electrons. The molecule has 2 amide bonds. The van der Waals surface area contributed by atoms with Gasteiger partial charge in [-0.2, -0.15) is 0 Å². The largest absolute Gasteiger partial charge is 0.324 e. The maximum atomic E-state index is 11.8. The second kappa shape index (κ2) is 6.31. The fourth-order valence-electron chi connectivity index (χ4n) is 1.61. The highest BCUT2D eigenvalue weighted by molar-refractivity contribution is 9.10. The third kappa shape index (κ3) is 3.99. The summed E-state index contributed by atoms with van der Waals surface area (Å²) < 4.78 is 0.821. The number of rotatable bonds is 3. The summed E-state index contributed by atoms with van der Waals surface area (Å²) in [6.07, 6.45) is 1.58. The summed E-state index contributed by atoms with van der Waals surface area (Å²) in [4.78, 5) is 26.0. The van der Waals surface area contributed by atoms with Crippen LogP contribution in [0.2, 0.25) is 0 Å². The van der Waals surface area contributed by atoms with Crippen molar-refractivity contribution in [2.24, 2.45) is 0 Å². The lowest BCUT2D eigenvalue weighted by Crippen LogP contribution is -2.20. The van der Waals surface area contributed by atoms with Gasteiger partial charge in [-0.15, -0.1) is 0 Å². The number of amides is 2. The molecule has 0 unspecified atom stereocenters. The molecule has 1 aromatic heterocycles. The van der Waals surface area contributed by atoms with Crippen LogP contribution in [0.4, 0.5) is 22.0 Å². The van der Waals surface area contributed by atoms with Gasteiger partial charge in [0, 0.05) is 28.5 Å². The lowest BCUT2D eigenvalue weighted by molar-refractivity contribution is -0.384. The number of hydrogen-bond donors (Lipinski definition) is 2. The van der Waals surface area contributed by atoms with E-state index < -0.39 is 11.0 Å². The van der Waals surface area contributed by atoms with Gasteiger partial charge >= 0.3 is 6.03 Å². The van der Waals surface area contributed by atoms with E-state index in [1.807, 2.05) is 13.0 Å². The monoisotopic (exact) mass is 350 g/mol. The van der Waals surface area contributed by atoms with E-state index in [4.69, 9.17) is 0 Å². The Balaban J connectivity index is 2.02. The first-order chi connectivity index (χ1) is 9.95. The number of nitrogens with one attached hydrogen (secondary N) is 2. The Kier molecular flexibility index (Phi) is 4.49. The molecule has 1 aromatic carbocycles. The molecule has 0 aliphatic carbocycles. The van der Waals surface area contributed by atoms with Crippen molar-refractivity contribution in [2.75, 3.05) is 10.6 Å². The van der Waals surface area contributed by atoms with Gasteiger partial charge in [0.1, 0.15) is 5.82 Å². The molecule has 21 heavy (non-hydrogen) atoms. The van der Waals surface area contributed by atoms with Crippen LogP contribution in [0.15, 0.2) is 41.0 Å². The zero-order chi connectivity index (χ0) is 15.4. The van der Waals surface area contributed by atoms with Gasteiger partial charge in [-0.05, 0) is 46.6 Å². The number of aromatic nitrogens is 1. The number of hydrogen-bond acceptors (Lipinski definition) is 4. The quantitative estimate of drug-likeness (QED) is 0.651. The van der Waals surface area contributed by atoms with Crippen molar-refractivity contribution in [3.63, 3.8) is 0 Å². The van der Waals surface area contributed by atoms with Crippen LogP contribution in [0.3, 0.4) is 0 Å². The maximum Gasteiger partial charge on any atom is 0.324 e. The number of carbonyl (C=O) groups excluding carboxylic acids is 1. The molecular weight excluding hydrogens is 340 g/mol. The first kappa shape index (κ1) is 14.9. The Bertz CT molecular complexity index is 688. The van der Waals surface area contributed by atoms with Crippen LogP contribution in [0.5, 0.6) is 0 Å². The number of nitrogens with zero attached hydrogens (tertiary/aromatic N) is 2. The Hall–Kier alpha value is -2.48. The van der Waals surface area contributed by atoms with Crippen LogP contribution < -0.4 is 10.6 Å². The molecule has 0 aliphatic heterocycles. The number of non-ortho nitro benzene ring substituents is 1. The van der Waals surface area contributed by atoms with Crippen LogP contribution in [0, 0.1) is 17.0 Å². The SMILES string of the molecule is Cc1cc(Br)cnc1NC(=O)Nc1ccc([N+](=O)[O-])cc1. The lowest BCUT2D eigenvalue weighted by Gasteiger charge is -2.09. The first-order valence-corrected chi connectivity index (χ1v) is 6.69. The summed E-state index contributed by atoms with van der Waals surface area (Å²) >= 11 is 3.29. The Labute approximate surface area is 128 Å². The van der Waals surface area contributed by atoms with Gasteiger partial charge in [0.15, 0.2) is 0 Å². The van der Waals surface area contributed by atoms with Crippen LogP contribution >= 0.6 is 15.9 Å². The van der Waals surface area contributed by atoms with Crippen molar-refractivity contribution in [3.8, 4) is 0 Å². The minimum atomic E-state index is -0.501. The Morgan fingerprint density at radius 2 is 1.95 bits per heavy atom. The number of urea groups is 1. The predicted octanol–water partition coefficient (Wildman–Crippen LogP) is 3.70. The van der Waals surface area contributed by atoms with E-state index >= 15 is 0 Å². The number of halogens is 1. The summed E-state index contributed by atoms with van der Waals surface area (Å²) in [5.74, 6) is 0.442. The van der Waals surface area contributed by atoms with Crippen LogP contribution in [-0.2, 0) is 0 Å². The van der Waals surface area contributed by atoms with E-state index in [0.717, 1.165) is 10.0 Å². The molecule has 2 N–H and O–H groups in total. The molecule has 0 saturated carbocycles. The van der Waals surface area contributed by atoms with Crippen molar-refractivity contribution < 1.29 is 9.72 Å². The van der Waals surface area contributed by atoms with Crippen LogP contribution in [0.25, 0.3) is 0 Å². The van der Waals surface area contributed by atoms with Gasteiger partial charge in [0.05, 0.1) is 4.92 Å². The molecular formula is C13H11BrN4O3. The van der Waals surface area contributed by atoms with Crippen molar-refractivity contribution in [1.29, 1.82) is 0 Å². The summed E-state index contributed by atoms with van der Waals surface area (Å²) in [5.41, 5.74) is 1.22. The first-order valence-electron chi connectivity index (χ1n) is 5.90. The topological polar surface area (TPSA) is 97.2 Å². The van der Waals surface area contributed by atoms with E-state index in [1.54, 1.807) is 6.20 Å². The smallest absolute Gasteiger partial charge is 0.308 e. The number of benzene rings is 1. The third-order valence-corrected chi connectivity index (χ3v) is 3.05. The molecule has 0 atom stereocenters. The zero-order valence-corrected chi connectivity index (χ0v) is 12.5. The normalized spacial score (nSPS) is 10.0. The van der Waals surface area contributed by atoms with Gasteiger partial charge in [-0.1, -0.05) is 0 Å². The number of aryl methyl sites for hydroxylation is 1. The number of nitro groups is 1. The zero-order valence-electron chi connectivity index (χ0n) is 11.0. The van der Waals surface area contributed by atoms with Gasteiger partial charge in [0.2, 0.25) is 0 Å². The second-order valence-corrected chi connectivity index (χ2v) is 5.12. The average molecular weight is 351 g/mol. The van der Waals surface area contributed by atoms with E-state index in [0.29, 0.717) is 11.5 Å². The molecule has 0 aliphatic rings. The van der Waals surface area contributed by atoms with Crippen molar-refractivity contribution in [3.05, 3.63) is 56.7 Å². The highest BCUT2D eigenvalue weighted by atomic mass is 79.9. The summed E-state index contributed by atoms with van der Waals surface area (Å²) in [6.45, 7) is 1.82. The number of carbonyl (C=O) groups is 1. The number of pyridine rings is 1. The predicted molar refractivity (Wildman–Crippen MR) is 82.4 cm³/mol. The lowest BCUT2D eigenvalue weighted by atomic mass is 10.3. The molecule has 0 bridgehead atoms. The minimum Gasteiger partial charge on any atom is -0.308 e. The van der Waals surface area contributed by atoms with Crippen LogP contribution in [-0.4, -0.2) is 15.9 Å². The highest BCUT2D eigenvalue weighted by Gasteiger charge is 2.08. The maximum absolute atomic E-state index is 11.8. The molecule has 7 nitrogen and oxygen atoms in total. The van der Waals surface area contributed by atoms with Crippen molar-refractivity contribution in [1.82, 2.24) is 4.98 Å². The molecule has 2 aromatic rings. The Morgan fingerprint density at radius 1 is 1.29 bits per heavy atom. The van der Waals surface area contributed by atoms with Gasteiger partial charge in [-0.25, -0.2) is 9.78 Å². The molecule has 0 saturated heterocycles. The fourth-order valence-corrected chi connectivity index (χ4v) is 2.05. The molecule has 8 heteroatoms. The van der Waals surface area contributed by atoms with Gasteiger partial charge in [-0.3, -0.25) is 15.4 Å². The fraction of sp³-hybridized carbons (Fsp3) is 0.0769. The van der Waals surface area contributed by atoms with E-state index in [9.17, 15) is 14.9 Å². The second-order valence-electron chi connectivity index (χ2n) is 4.20. The number of anilines is 2. The summed E-state index contributed by atoms with van der Waals surface area (Å²) in [5, 5.41) is 15.7. The number of nitro benzene ring substituents is 1. The van der Waals surface area contributed by atoms with Crippen molar-refractivity contribution in [2.45, 2.75) is 6.92 Å². The molecule has 2 rings (SSSR count). The van der Waals surface area contributed by atoms with E-state index in [2.05, 4.69) is 31.5 Å². The Morgan fingerprint density at radius 3 is 2.52 bits per heavy atom. The molecule has 1 heterocycles. The summed E-state index contributed by atoms with van der Waals surface area (Å²) in [6, 6.07) is 6.91. The van der Waals surface area contributed by atoms with Crippen LogP contribution in [0.1, 0.15) is 5.56 Å². The summed E-state index contributed by atoms with van der Waals surface area (Å²) in [7, 11) is 0. The molecule has 0 fully saturated rings. The molecule has 0 radical (unpaired) electrons. The average Bonchev–Trinajstić information content (AvgIpc) is 2.42. The van der Waals surface area contributed by atoms with E-state index in [-0.39, 0.29) is 5.69 Å². The standard InChI is InChI=1S/C13H11BrN4O3/c1-8-6-9(14)7-15-12(8)17-13(19)16-10-2-4-11(5-3-10)18(20)21/h2-7H,1H3,(H2,15,16,17,19). The molecule has 0 spiro atoms. The van der Waals surface area contributed by atoms with E-state index in [1.165, 1.54) is 24.3 Å². The third-order valence-electron chi connectivity index (χ3n) is 2.61. The van der Waals surface area contributed by atoms with Gasteiger partial charge in [0.25, 0.3) is 5.69 Å².